The number of carboxylic acid groups (broad SMARTS) is 1. The van der Waals surface area contributed by atoms with E-state index >= 15 is 0 Å². The molecule has 1 aromatic heterocycles. The van der Waals surface area contributed by atoms with Gasteiger partial charge < -0.3 is 5.11 Å². The van der Waals surface area contributed by atoms with E-state index < -0.39 is 5.97 Å². The van der Waals surface area contributed by atoms with Crippen LogP contribution in [0.4, 0.5) is 5.00 Å². The number of aromatic carboxylic acids is 1. The third-order valence-corrected chi connectivity index (χ3v) is 8.61. The van der Waals surface area contributed by atoms with Gasteiger partial charge in [-0.15, -0.1) is 11.3 Å². The van der Waals surface area contributed by atoms with Crippen LogP contribution < -0.4 is 4.90 Å². The minimum atomic E-state index is -0.955. The van der Waals surface area contributed by atoms with E-state index in [1.807, 2.05) is 47.0 Å². The van der Waals surface area contributed by atoms with Crippen molar-refractivity contribution >= 4 is 40.0 Å². The smallest absolute Gasteiger partial charge is 0.338 e. The summed E-state index contributed by atoms with van der Waals surface area (Å²) < 4.78 is 0. The fraction of sp³-hybridized carbons (Fsp3) is 0.500. The Balaban J connectivity index is 1.73. The zero-order chi connectivity index (χ0) is 21.1. The van der Waals surface area contributed by atoms with Crippen molar-refractivity contribution in [2.45, 2.75) is 51.5 Å². The van der Waals surface area contributed by atoms with E-state index in [0.29, 0.717) is 10.9 Å². The number of thioether (sulfide) groups is 1. The van der Waals surface area contributed by atoms with Gasteiger partial charge in [0.2, 0.25) is 5.91 Å². The lowest BCUT2D eigenvalue weighted by Gasteiger charge is -2.37. The summed E-state index contributed by atoms with van der Waals surface area (Å²) in [7, 11) is 0. The first-order chi connectivity index (χ1) is 14.5. The highest BCUT2D eigenvalue weighted by Crippen LogP contribution is 2.42. The summed E-state index contributed by atoms with van der Waals surface area (Å²) in [6.07, 6.45) is 5.84. The molecule has 1 aromatic carbocycles. The quantitative estimate of drug-likeness (QED) is 0.600. The fourth-order valence-electron chi connectivity index (χ4n) is 4.55. The average Bonchev–Trinajstić information content (AvgIpc) is 3.21. The van der Waals surface area contributed by atoms with Crippen molar-refractivity contribution < 1.29 is 14.7 Å². The molecule has 0 spiro atoms. The molecule has 1 N–H and O–H groups in total. The highest BCUT2D eigenvalue weighted by molar-refractivity contribution is 7.99. The molecule has 1 amide bonds. The van der Waals surface area contributed by atoms with E-state index in [2.05, 4.69) is 6.92 Å². The van der Waals surface area contributed by atoms with Crippen LogP contribution in [0.3, 0.4) is 0 Å². The normalized spacial score (nSPS) is 22.6. The predicted octanol–water partition coefficient (Wildman–Crippen LogP) is 6.17. The monoisotopic (exact) mass is 443 g/mol. The lowest BCUT2D eigenvalue weighted by Crippen LogP contribution is -2.46. The van der Waals surface area contributed by atoms with Crippen molar-refractivity contribution in [2.75, 3.05) is 16.4 Å². The van der Waals surface area contributed by atoms with E-state index in [9.17, 15) is 14.7 Å². The number of nitrogens with zero attached hydrogens (tertiary/aromatic N) is 1. The van der Waals surface area contributed by atoms with E-state index in [0.717, 1.165) is 60.5 Å². The molecule has 2 heterocycles. The maximum atomic E-state index is 13.8. The van der Waals surface area contributed by atoms with Crippen LogP contribution in [0, 0.1) is 11.8 Å². The predicted molar refractivity (Wildman–Crippen MR) is 126 cm³/mol. The minimum Gasteiger partial charge on any atom is -0.478 e. The van der Waals surface area contributed by atoms with Gasteiger partial charge in [0.05, 0.1) is 5.56 Å². The van der Waals surface area contributed by atoms with Crippen LogP contribution >= 0.6 is 23.1 Å². The van der Waals surface area contributed by atoms with Crippen LogP contribution in [0.15, 0.2) is 36.4 Å². The number of hydrogen-bond donors (Lipinski definition) is 1. The molecule has 0 atom stereocenters. The van der Waals surface area contributed by atoms with Crippen molar-refractivity contribution in [1.82, 2.24) is 0 Å². The lowest BCUT2D eigenvalue weighted by molar-refractivity contribution is -0.124. The molecule has 2 aliphatic rings. The molecule has 2 fully saturated rings. The average molecular weight is 444 g/mol. The van der Waals surface area contributed by atoms with E-state index in [1.54, 1.807) is 6.07 Å². The Kier molecular flexibility index (Phi) is 6.84. The SMILES string of the molecule is CC1CCC(C(=O)N(c2sc(-c3ccccc3)cc2C(=O)O)C2CCSCC2)CC1. The van der Waals surface area contributed by atoms with Crippen LogP contribution in [0.2, 0.25) is 0 Å². The summed E-state index contributed by atoms with van der Waals surface area (Å²) in [5.74, 6) is 1.92. The summed E-state index contributed by atoms with van der Waals surface area (Å²) in [5.41, 5.74) is 1.25. The number of carboxylic acids is 1. The highest BCUT2D eigenvalue weighted by Gasteiger charge is 2.36. The number of benzene rings is 1. The minimum absolute atomic E-state index is 0.0136. The molecule has 0 bridgehead atoms. The van der Waals surface area contributed by atoms with Crippen LogP contribution in [0.25, 0.3) is 10.4 Å². The Morgan fingerprint density at radius 2 is 1.67 bits per heavy atom. The lowest BCUT2D eigenvalue weighted by atomic mass is 9.82. The van der Waals surface area contributed by atoms with Gasteiger partial charge >= 0.3 is 5.97 Å². The zero-order valence-electron chi connectivity index (χ0n) is 17.4. The summed E-state index contributed by atoms with van der Waals surface area (Å²) in [5, 5.41) is 10.6. The molecular weight excluding hydrogens is 414 g/mol. The van der Waals surface area contributed by atoms with Gasteiger partial charge in [0.25, 0.3) is 0 Å². The van der Waals surface area contributed by atoms with Gasteiger partial charge in [0, 0.05) is 16.8 Å². The largest absolute Gasteiger partial charge is 0.478 e. The van der Waals surface area contributed by atoms with Gasteiger partial charge in [0.15, 0.2) is 0 Å². The van der Waals surface area contributed by atoms with Crippen molar-refractivity contribution in [2.24, 2.45) is 11.8 Å². The van der Waals surface area contributed by atoms with Gasteiger partial charge in [-0.1, -0.05) is 37.3 Å². The highest BCUT2D eigenvalue weighted by atomic mass is 32.2. The first kappa shape index (κ1) is 21.4. The summed E-state index contributed by atoms with van der Waals surface area (Å²) in [6.45, 7) is 2.25. The fourth-order valence-corrected chi connectivity index (χ4v) is 6.87. The molecule has 6 heteroatoms. The third-order valence-electron chi connectivity index (χ3n) is 6.38. The second kappa shape index (κ2) is 9.56. The van der Waals surface area contributed by atoms with Crippen molar-refractivity contribution in [1.29, 1.82) is 0 Å². The Bertz CT molecular complexity index is 881. The van der Waals surface area contributed by atoms with Crippen LogP contribution in [-0.4, -0.2) is 34.5 Å². The Hall–Kier alpha value is -1.79. The van der Waals surface area contributed by atoms with Gasteiger partial charge in [-0.3, -0.25) is 9.69 Å². The molecule has 1 saturated heterocycles. The number of carbonyl (C=O) groups is 2. The number of rotatable bonds is 5. The number of thiophene rings is 1. The summed E-state index contributed by atoms with van der Waals surface area (Å²) in [4.78, 5) is 28.7. The maximum Gasteiger partial charge on any atom is 0.338 e. The van der Waals surface area contributed by atoms with Crippen LogP contribution in [0.1, 0.15) is 55.8 Å². The van der Waals surface area contributed by atoms with E-state index in [-0.39, 0.29) is 23.4 Å². The molecule has 1 saturated carbocycles. The maximum absolute atomic E-state index is 13.8. The van der Waals surface area contributed by atoms with E-state index in [4.69, 9.17) is 0 Å². The zero-order valence-corrected chi connectivity index (χ0v) is 19.0. The molecule has 1 aliphatic carbocycles. The van der Waals surface area contributed by atoms with Crippen LogP contribution in [-0.2, 0) is 4.79 Å². The second-order valence-electron chi connectivity index (χ2n) is 8.51. The molecule has 30 heavy (non-hydrogen) atoms. The Morgan fingerprint density at radius 3 is 2.30 bits per heavy atom. The molecule has 0 unspecified atom stereocenters. The first-order valence-corrected chi connectivity index (χ1v) is 12.8. The van der Waals surface area contributed by atoms with Crippen molar-refractivity contribution in [3.63, 3.8) is 0 Å². The molecule has 4 rings (SSSR count). The Labute approximate surface area is 186 Å². The molecular formula is C24H29NO3S2. The molecule has 1 aliphatic heterocycles. The van der Waals surface area contributed by atoms with Crippen molar-refractivity contribution in [3.05, 3.63) is 42.0 Å². The van der Waals surface area contributed by atoms with Gasteiger partial charge in [-0.25, -0.2) is 4.79 Å². The van der Waals surface area contributed by atoms with Gasteiger partial charge in [0.1, 0.15) is 5.00 Å². The summed E-state index contributed by atoms with van der Waals surface area (Å²) >= 11 is 3.37. The van der Waals surface area contributed by atoms with Crippen molar-refractivity contribution in [3.8, 4) is 10.4 Å². The molecule has 2 aromatic rings. The number of anilines is 1. The second-order valence-corrected chi connectivity index (χ2v) is 10.8. The Morgan fingerprint density at radius 1 is 1.00 bits per heavy atom. The van der Waals surface area contributed by atoms with Crippen LogP contribution in [0.5, 0.6) is 0 Å². The molecule has 160 valence electrons. The van der Waals surface area contributed by atoms with E-state index in [1.165, 1.54) is 11.3 Å². The number of hydrogen-bond acceptors (Lipinski definition) is 4. The van der Waals surface area contributed by atoms with Gasteiger partial charge in [-0.05, 0) is 67.6 Å². The number of amides is 1. The molecule has 4 nitrogen and oxygen atoms in total. The first-order valence-electron chi connectivity index (χ1n) is 10.9. The molecule has 0 radical (unpaired) electrons. The third kappa shape index (κ3) is 4.59. The standard InChI is InChI=1S/C24H29NO3S2/c1-16-7-9-18(10-8-16)22(26)25(19-11-13-29-14-12-19)23-20(24(27)28)15-21(30-23)17-5-3-2-4-6-17/h2-6,15-16,18-19H,7-14H2,1H3,(H,27,28). The summed E-state index contributed by atoms with van der Waals surface area (Å²) in [6, 6.07) is 11.7. The number of carbonyl (C=O) groups excluding carboxylic acids is 1. The topological polar surface area (TPSA) is 57.6 Å². The van der Waals surface area contributed by atoms with Gasteiger partial charge in [-0.2, -0.15) is 11.8 Å².